The zero-order valence-corrected chi connectivity index (χ0v) is 10.8. The summed E-state index contributed by atoms with van der Waals surface area (Å²) in [5, 5.41) is 8.63. The first-order chi connectivity index (χ1) is 8.50. The molecule has 1 aliphatic heterocycles. The third kappa shape index (κ3) is 4.71. The number of carboxylic acid groups (broad SMARTS) is 1. The predicted molar refractivity (Wildman–Crippen MR) is 70.4 cm³/mol. The number of allylic oxidation sites excluding steroid dienone is 3. The molecule has 0 spiro atoms. The number of carbonyl (C=O) groups is 1. The smallest absolute Gasteiger partial charge is 0.328 e. The molecule has 3 N–H and O–H groups in total. The van der Waals surface area contributed by atoms with Crippen LogP contribution in [0.2, 0.25) is 0 Å². The van der Waals surface area contributed by atoms with Gasteiger partial charge in [0, 0.05) is 29.7 Å². The van der Waals surface area contributed by atoms with E-state index in [0.29, 0.717) is 17.0 Å². The number of hydrogen-bond acceptors (Lipinski definition) is 4. The summed E-state index contributed by atoms with van der Waals surface area (Å²) in [7, 11) is 0. The second-order valence-corrected chi connectivity index (χ2v) is 4.30. The first kappa shape index (κ1) is 14.4. The molecule has 0 aromatic carbocycles. The zero-order valence-electron chi connectivity index (χ0n) is 10.8. The van der Waals surface area contributed by atoms with Gasteiger partial charge in [-0.25, -0.2) is 4.79 Å². The third-order valence-electron chi connectivity index (χ3n) is 2.70. The van der Waals surface area contributed by atoms with Gasteiger partial charge in [-0.3, -0.25) is 4.99 Å². The molecule has 1 fully saturated rings. The van der Waals surface area contributed by atoms with Crippen LogP contribution in [0.5, 0.6) is 0 Å². The van der Waals surface area contributed by atoms with Crippen molar-refractivity contribution in [3.05, 3.63) is 23.4 Å². The van der Waals surface area contributed by atoms with E-state index in [1.54, 1.807) is 6.92 Å². The molecule has 0 amide bonds. The maximum atomic E-state index is 10.5. The number of nitrogens with zero attached hydrogens (tertiary/aromatic N) is 1. The third-order valence-corrected chi connectivity index (χ3v) is 2.70. The Kier molecular flexibility index (Phi) is 5.58. The van der Waals surface area contributed by atoms with E-state index in [1.807, 2.05) is 6.92 Å². The fourth-order valence-corrected chi connectivity index (χ4v) is 1.80. The minimum Gasteiger partial charge on any atom is -0.478 e. The monoisotopic (exact) mass is 252 g/mol. The molecule has 0 bridgehead atoms. The van der Waals surface area contributed by atoms with E-state index in [2.05, 4.69) is 4.99 Å². The SMILES string of the molecule is CC(=NC1CCCCO1)C(/C=C/C(=O)O)=C(C)N. The Hall–Kier alpha value is -1.62. The average Bonchev–Trinajstić information content (AvgIpc) is 2.29. The molecule has 1 heterocycles. The van der Waals surface area contributed by atoms with Gasteiger partial charge in [0.05, 0.1) is 0 Å². The summed E-state index contributed by atoms with van der Waals surface area (Å²) in [6, 6.07) is 0. The highest BCUT2D eigenvalue weighted by Gasteiger charge is 2.13. The molecule has 0 aromatic heterocycles. The maximum Gasteiger partial charge on any atom is 0.328 e. The summed E-state index contributed by atoms with van der Waals surface area (Å²) in [5.74, 6) is -1.00. The first-order valence-corrected chi connectivity index (χ1v) is 6.04. The molecule has 0 aromatic rings. The Balaban J connectivity index is 2.82. The van der Waals surface area contributed by atoms with Gasteiger partial charge >= 0.3 is 5.97 Å². The van der Waals surface area contributed by atoms with E-state index >= 15 is 0 Å². The summed E-state index contributed by atoms with van der Waals surface area (Å²) in [6.07, 6.45) is 5.48. The maximum absolute atomic E-state index is 10.5. The van der Waals surface area contributed by atoms with Crippen molar-refractivity contribution in [3.8, 4) is 0 Å². The Labute approximate surface area is 107 Å². The second kappa shape index (κ2) is 6.96. The van der Waals surface area contributed by atoms with Crippen molar-refractivity contribution >= 4 is 11.7 Å². The lowest BCUT2D eigenvalue weighted by Gasteiger charge is -2.20. The molecule has 5 heteroatoms. The molecule has 0 aliphatic carbocycles. The second-order valence-electron chi connectivity index (χ2n) is 4.30. The van der Waals surface area contributed by atoms with Crippen molar-refractivity contribution < 1.29 is 14.6 Å². The largest absolute Gasteiger partial charge is 0.478 e. The van der Waals surface area contributed by atoms with Crippen LogP contribution in [0.1, 0.15) is 33.1 Å². The van der Waals surface area contributed by atoms with Crippen LogP contribution >= 0.6 is 0 Å². The van der Waals surface area contributed by atoms with Crippen molar-refractivity contribution in [1.29, 1.82) is 0 Å². The van der Waals surface area contributed by atoms with Gasteiger partial charge in [-0.1, -0.05) is 0 Å². The van der Waals surface area contributed by atoms with E-state index in [9.17, 15) is 4.79 Å². The van der Waals surface area contributed by atoms with E-state index in [1.165, 1.54) is 6.08 Å². The van der Waals surface area contributed by atoms with Crippen molar-refractivity contribution in [2.45, 2.75) is 39.3 Å². The molecular formula is C13H20N2O3. The van der Waals surface area contributed by atoms with Crippen molar-refractivity contribution in [3.63, 3.8) is 0 Å². The van der Waals surface area contributed by atoms with E-state index in [0.717, 1.165) is 31.9 Å². The number of ether oxygens (including phenoxy) is 1. The summed E-state index contributed by atoms with van der Waals surface area (Å²) in [6.45, 7) is 4.27. The lowest BCUT2D eigenvalue weighted by Crippen LogP contribution is -2.19. The molecule has 0 radical (unpaired) electrons. The molecule has 0 saturated carbocycles. The fourth-order valence-electron chi connectivity index (χ4n) is 1.80. The van der Waals surface area contributed by atoms with E-state index < -0.39 is 5.97 Å². The molecule has 1 atom stereocenters. The van der Waals surface area contributed by atoms with Crippen LogP contribution in [0, 0.1) is 0 Å². The standard InChI is InChI=1S/C13H20N2O3/c1-9(14)11(6-7-13(16)17)10(2)15-12-5-3-4-8-18-12/h6-7,12H,3-5,8,14H2,1-2H3,(H,16,17)/b7-6+,11-9?,15-10?. The van der Waals surface area contributed by atoms with Crippen LogP contribution in [-0.2, 0) is 9.53 Å². The number of hydrogen-bond donors (Lipinski definition) is 2. The van der Waals surface area contributed by atoms with Crippen molar-refractivity contribution in [1.82, 2.24) is 0 Å². The average molecular weight is 252 g/mol. The number of carboxylic acids is 1. The van der Waals surface area contributed by atoms with Crippen LogP contribution < -0.4 is 5.73 Å². The Bertz CT molecular complexity index is 387. The van der Waals surface area contributed by atoms with Gasteiger partial charge in [0.15, 0.2) is 0 Å². The van der Waals surface area contributed by atoms with Crippen LogP contribution in [0.15, 0.2) is 28.4 Å². The van der Waals surface area contributed by atoms with Gasteiger partial charge < -0.3 is 15.6 Å². The van der Waals surface area contributed by atoms with Gasteiger partial charge in [-0.15, -0.1) is 0 Å². The summed E-state index contributed by atoms with van der Waals surface area (Å²) >= 11 is 0. The van der Waals surface area contributed by atoms with Crippen LogP contribution in [0.3, 0.4) is 0 Å². The molecule has 1 unspecified atom stereocenters. The molecule has 1 saturated heterocycles. The minimum absolute atomic E-state index is 0.133. The van der Waals surface area contributed by atoms with Crippen molar-refractivity contribution in [2.24, 2.45) is 10.7 Å². The molecule has 5 nitrogen and oxygen atoms in total. The number of nitrogens with two attached hydrogens (primary N) is 1. The first-order valence-electron chi connectivity index (χ1n) is 6.04. The van der Waals surface area contributed by atoms with Crippen molar-refractivity contribution in [2.75, 3.05) is 6.61 Å². The van der Waals surface area contributed by atoms with E-state index in [-0.39, 0.29) is 6.23 Å². The normalized spacial score (nSPS) is 23.0. The van der Waals surface area contributed by atoms with Gasteiger partial charge in [0.1, 0.15) is 6.23 Å². The molecule has 1 rings (SSSR count). The van der Waals surface area contributed by atoms with Crippen LogP contribution in [0.4, 0.5) is 0 Å². The van der Waals surface area contributed by atoms with E-state index in [4.69, 9.17) is 15.6 Å². The summed E-state index contributed by atoms with van der Waals surface area (Å²) in [4.78, 5) is 15.0. The fraction of sp³-hybridized carbons (Fsp3) is 0.538. The number of aliphatic imine (C=N–C) groups is 1. The van der Waals surface area contributed by atoms with Gasteiger partial charge in [-0.05, 0) is 39.2 Å². The highest BCUT2D eigenvalue weighted by molar-refractivity contribution is 6.02. The minimum atomic E-state index is -1.00. The highest BCUT2D eigenvalue weighted by Crippen LogP contribution is 2.15. The molecule has 18 heavy (non-hydrogen) atoms. The van der Waals surface area contributed by atoms with Gasteiger partial charge in [-0.2, -0.15) is 0 Å². The van der Waals surface area contributed by atoms with Gasteiger partial charge in [0.2, 0.25) is 0 Å². The topological polar surface area (TPSA) is 84.9 Å². The summed E-state index contributed by atoms with van der Waals surface area (Å²) in [5.41, 5.74) is 7.64. The number of rotatable bonds is 4. The Morgan fingerprint density at radius 1 is 1.39 bits per heavy atom. The quantitative estimate of drug-likeness (QED) is 0.454. The lowest BCUT2D eigenvalue weighted by atomic mass is 10.1. The predicted octanol–water partition coefficient (Wildman–Crippen LogP) is 1.85. The van der Waals surface area contributed by atoms with Crippen LogP contribution in [-0.4, -0.2) is 29.6 Å². The number of aliphatic carboxylic acids is 1. The van der Waals surface area contributed by atoms with Crippen LogP contribution in [0.25, 0.3) is 0 Å². The molecular weight excluding hydrogens is 232 g/mol. The zero-order chi connectivity index (χ0) is 13.5. The molecule has 1 aliphatic rings. The lowest BCUT2D eigenvalue weighted by molar-refractivity contribution is -0.131. The highest BCUT2D eigenvalue weighted by atomic mass is 16.5. The molecule has 100 valence electrons. The Morgan fingerprint density at radius 3 is 2.61 bits per heavy atom. The van der Waals surface area contributed by atoms with Gasteiger partial charge in [0.25, 0.3) is 0 Å². The summed E-state index contributed by atoms with van der Waals surface area (Å²) < 4.78 is 5.51. The Morgan fingerprint density at radius 2 is 2.11 bits per heavy atom.